The van der Waals surface area contributed by atoms with E-state index in [9.17, 15) is 9.59 Å². The fraction of sp³-hybridized carbons (Fsp3) is 0.211. The summed E-state index contributed by atoms with van der Waals surface area (Å²) in [6.07, 6.45) is 4.93. The number of hydrogen-bond donors (Lipinski definition) is 2. The Hall–Kier alpha value is -3.55. The maximum Gasteiger partial charge on any atom is 0.251 e. The highest BCUT2D eigenvalue weighted by molar-refractivity contribution is 5.97. The minimum atomic E-state index is -0.276. The van der Waals surface area contributed by atoms with Crippen LogP contribution in [-0.2, 0) is 11.3 Å². The molecule has 0 atom stereocenters. The highest BCUT2D eigenvalue weighted by atomic mass is 16.2. The van der Waals surface area contributed by atoms with Gasteiger partial charge >= 0.3 is 0 Å². The molecule has 1 aliphatic carbocycles. The lowest BCUT2D eigenvalue weighted by molar-refractivity contribution is -0.117. The van der Waals surface area contributed by atoms with Crippen molar-refractivity contribution in [1.82, 2.24) is 25.1 Å². The summed E-state index contributed by atoms with van der Waals surface area (Å²) in [7, 11) is 0. The largest absolute Gasteiger partial charge is 0.345 e. The first-order valence-electron chi connectivity index (χ1n) is 8.70. The molecule has 8 nitrogen and oxygen atoms in total. The number of benzene rings is 1. The van der Waals surface area contributed by atoms with Crippen LogP contribution < -0.4 is 10.6 Å². The number of nitrogens with zero attached hydrogens (tertiary/aromatic N) is 4. The van der Waals surface area contributed by atoms with Crippen LogP contribution in [0.2, 0.25) is 0 Å². The second-order valence-electron chi connectivity index (χ2n) is 6.33. The van der Waals surface area contributed by atoms with E-state index in [-0.39, 0.29) is 24.3 Å². The molecule has 1 saturated carbocycles. The molecule has 2 N–H and O–H groups in total. The average molecular weight is 362 g/mol. The molecule has 3 aromatic rings. The zero-order valence-corrected chi connectivity index (χ0v) is 14.5. The molecular weight excluding hydrogens is 344 g/mol. The zero-order chi connectivity index (χ0) is 18.6. The molecule has 0 unspecified atom stereocenters. The number of carbonyl (C=O) groups is 2. The predicted octanol–water partition coefficient (Wildman–Crippen LogP) is 1.94. The Morgan fingerprint density at radius 1 is 1.15 bits per heavy atom. The molecule has 2 heterocycles. The van der Waals surface area contributed by atoms with Crippen LogP contribution in [-0.4, -0.2) is 31.6 Å². The van der Waals surface area contributed by atoms with Crippen molar-refractivity contribution in [2.45, 2.75) is 19.4 Å². The highest BCUT2D eigenvalue weighted by Gasteiger charge is 2.29. The third-order valence-corrected chi connectivity index (χ3v) is 4.28. The standard InChI is InChI=1S/C19H18N6O2/c26-18(14-8-9-20-16(10-14)23-19(27)13-6-7-13)21-11-17-24-22-12-25(17)15-4-2-1-3-5-15/h1-5,8-10,12-13H,6-7,11H2,(H,21,26)(H,20,23,27). The first-order valence-corrected chi connectivity index (χ1v) is 8.70. The number of amides is 2. The van der Waals surface area contributed by atoms with Crippen molar-refractivity contribution < 1.29 is 9.59 Å². The van der Waals surface area contributed by atoms with Crippen molar-refractivity contribution in [2.75, 3.05) is 5.32 Å². The lowest BCUT2D eigenvalue weighted by atomic mass is 10.2. The van der Waals surface area contributed by atoms with Gasteiger partial charge in [0, 0.05) is 23.4 Å². The van der Waals surface area contributed by atoms with Gasteiger partial charge in [0.15, 0.2) is 5.82 Å². The molecule has 1 aromatic carbocycles. The molecule has 1 fully saturated rings. The van der Waals surface area contributed by atoms with Crippen molar-refractivity contribution in [3.63, 3.8) is 0 Å². The van der Waals surface area contributed by atoms with Crippen LogP contribution in [0.1, 0.15) is 29.0 Å². The maximum atomic E-state index is 12.5. The smallest absolute Gasteiger partial charge is 0.251 e. The topological polar surface area (TPSA) is 102 Å². The van der Waals surface area contributed by atoms with Crippen molar-refractivity contribution in [3.8, 4) is 5.69 Å². The lowest BCUT2D eigenvalue weighted by Gasteiger charge is -2.09. The lowest BCUT2D eigenvalue weighted by Crippen LogP contribution is -2.25. The molecular formula is C19H18N6O2. The van der Waals surface area contributed by atoms with Gasteiger partial charge in [0.2, 0.25) is 5.91 Å². The van der Waals surface area contributed by atoms with E-state index in [0.29, 0.717) is 17.2 Å². The van der Waals surface area contributed by atoms with E-state index < -0.39 is 0 Å². The van der Waals surface area contributed by atoms with E-state index in [4.69, 9.17) is 0 Å². The first kappa shape index (κ1) is 16.9. The van der Waals surface area contributed by atoms with E-state index >= 15 is 0 Å². The summed E-state index contributed by atoms with van der Waals surface area (Å²) in [6.45, 7) is 0.222. The third-order valence-electron chi connectivity index (χ3n) is 4.28. The Kier molecular flexibility index (Phi) is 4.61. The molecule has 27 heavy (non-hydrogen) atoms. The van der Waals surface area contributed by atoms with Crippen LogP contribution in [0.5, 0.6) is 0 Å². The molecule has 2 aromatic heterocycles. The van der Waals surface area contributed by atoms with Crippen LogP contribution in [0.3, 0.4) is 0 Å². The van der Waals surface area contributed by atoms with Gasteiger partial charge in [-0.1, -0.05) is 18.2 Å². The monoisotopic (exact) mass is 362 g/mol. The van der Waals surface area contributed by atoms with Gasteiger partial charge in [-0.2, -0.15) is 0 Å². The van der Waals surface area contributed by atoms with Crippen molar-refractivity contribution in [2.24, 2.45) is 5.92 Å². The molecule has 1 aliphatic rings. The van der Waals surface area contributed by atoms with Gasteiger partial charge in [-0.25, -0.2) is 4.98 Å². The van der Waals surface area contributed by atoms with Crippen molar-refractivity contribution in [3.05, 3.63) is 66.4 Å². The second-order valence-corrected chi connectivity index (χ2v) is 6.33. The summed E-state index contributed by atoms with van der Waals surface area (Å²) in [5.41, 5.74) is 1.34. The second kappa shape index (κ2) is 7.36. The number of hydrogen-bond acceptors (Lipinski definition) is 5. The first-order chi connectivity index (χ1) is 13.2. The van der Waals surface area contributed by atoms with Crippen LogP contribution in [0.25, 0.3) is 5.69 Å². The summed E-state index contributed by atoms with van der Waals surface area (Å²) < 4.78 is 1.81. The Bertz CT molecular complexity index is 965. The van der Waals surface area contributed by atoms with E-state index in [2.05, 4.69) is 25.8 Å². The molecule has 136 valence electrons. The molecule has 0 radical (unpaired) electrons. The number of nitrogens with one attached hydrogen (secondary N) is 2. The Morgan fingerprint density at radius 3 is 2.74 bits per heavy atom. The van der Waals surface area contributed by atoms with Gasteiger partial charge in [0.25, 0.3) is 5.91 Å². The third kappa shape index (κ3) is 4.00. The molecule has 0 spiro atoms. The van der Waals surface area contributed by atoms with Crippen molar-refractivity contribution >= 4 is 17.6 Å². The zero-order valence-electron chi connectivity index (χ0n) is 14.5. The number of para-hydroxylation sites is 1. The molecule has 4 rings (SSSR count). The van der Waals surface area contributed by atoms with Gasteiger partial charge in [-0.15, -0.1) is 10.2 Å². The summed E-state index contributed by atoms with van der Waals surface area (Å²) in [6, 6.07) is 12.8. The fourth-order valence-corrected chi connectivity index (χ4v) is 2.66. The van der Waals surface area contributed by atoms with Gasteiger partial charge in [-0.05, 0) is 37.1 Å². The summed E-state index contributed by atoms with van der Waals surface area (Å²) >= 11 is 0. The van der Waals surface area contributed by atoms with E-state index in [1.807, 2.05) is 34.9 Å². The number of rotatable bonds is 6. The Balaban J connectivity index is 1.42. The molecule has 0 aliphatic heterocycles. The van der Waals surface area contributed by atoms with Gasteiger partial charge in [0.05, 0.1) is 6.54 Å². The van der Waals surface area contributed by atoms with Gasteiger partial charge in [-0.3, -0.25) is 14.2 Å². The van der Waals surface area contributed by atoms with Crippen LogP contribution in [0.15, 0.2) is 55.0 Å². The van der Waals surface area contributed by atoms with Gasteiger partial charge < -0.3 is 10.6 Å². The minimum absolute atomic E-state index is 0.0454. The number of pyridine rings is 1. The average Bonchev–Trinajstić information content (AvgIpc) is 3.45. The quantitative estimate of drug-likeness (QED) is 0.698. The Labute approximate surface area is 155 Å². The maximum absolute atomic E-state index is 12.5. The van der Waals surface area contributed by atoms with E-state index in [1.165, 1.54) is 6.20 Å². The minimum Gasteiger partial charge on any atom is -0.345 e. The SMILES string of the molecule is O=C(NCc1nncn1-c1ccccc1)c1ccnc(NC(=O)C2CC2)c1. The van der Waals surface area contributed by atoms with E-state index in [0.717, 1.165) is 18.5 Å². The normalized spacial score (nSPS) is 13.2. The van der Waals surface area contributed by atoms with Gasteiger partial charge in [0.1, 0.15) is 12.1 Å². The molecule has 0 bridgehead atoms. The predicted molar refractivity (Wildman–Crippen MR) is 98.1 cm³/mol. The summed E-state index contributed by atoms with van der Waals surface area (Å²) in [4.78, 5) is 28.4. The summed E-state index contributed by atoms with van der Waals surface area (Å²) in [5.74, 6) is 0.754. The van der Waals surface area contributed by atoms with E-state index in [1.54, 1.807) is 18.5 Å². The molecule has 2 amide bonds. The summed E-state index contributed by atoms with van der Waals surface area (Å²) in [5, 5.41) is 13.6. The molecule has 8 heteroatoms. The Morgan fingerprint density at radius 2 is 1.96 bits per heavy atom. The number of aromatic nitrogens is 4. The fourth-order valence-electron chi connectivity index (χ4n) is 2.66. The van der Waals surface area contributed by atoms with Crippen molar-refractivity contribution in [1.29, 1.82) is 0 Å². The van der Waals surface area contributed by atoms with Crippen LogP contribution in [0, 0.1) is 5.92 Å². The van der Waals surface area contributed by atoms with Crippen LogP contribution >= 0.6 is 0 Å². The highest BCUT2D eigenvalue weighted by Crippen LogP contribution is 2.29. The molecule has 0 saturated heterocycles. The van der Waals surface area contributed by atoms with Crippen LogP contribution in [0.4, 0.5) is 5.82 Å². The number of carbonyl (C=O) groups excluding carboxylic acids is 2. The number of anilines is 1.